The van der Waals surface area contributed by atoms with Gasteiger partial charge in [-0.2, -0.15) is 0 Å². The minimum absolute atomic E-state index is 0.203. The topological polar surface area (TPSA) is 21.3 Å². The van der Waals surface area contributed by atoms with E-state index in [2.05, 4.69) is 12.2 Å². The first-order chi connectivity index (χ1) is 9.66. The quantitative estimate of drug-likeness (QED) is 0.746. The molecule has 1 unspecified atom stereocenters. The Labute approximate surface area is 131 Å². The Morgan fingerprint density at radius 3 is 2.70 bits per heavy atom. The molecule has 1 atom stereocenters. The maximum Gasteiger partial charge on any atom is 0.0594 e. The highest BCUT2D eigenvalue weighted by Crippen LogP contribution is 2.26. The van der Waals surface area contributed by atoms with Crippen LogP contribution < -0.4 is 5.32 Å². The summed E-state index contributed by atoms with van der Waals surface area (Å²) in [6, 6.07) is 5.84. The van der Waals surface area contributed by atoms with Crippen molar-refractivity contribution in [3.63, 3.8) is 0 Å². The monoisotopic (exact) mass is 315 g/mol. The fourth-order valence-corrected chi connectivity index (χ4v) is 3.27. The zero-order chi connectivity index (χ0) is 14.4. The summed E-state index contributed by atoms with van der Waals surface area (Å²) in [5, 5.41) is 4.83. The highest BCUT2D eigenvalue weighted by atomic mass is 35.5. The molecule has 4 heteroatoms. The van der Waals surface area contributed by atoms with Gasteiger partial charge in [0.05, 0.1) is 12.7 Å². The lowest BCUT2D eigenvalue weighted by Crippen LogP contribution is -2.26. The second-order valence-corrected chi connectivity index (χ2v) is 6.32. The molecular weight excluding hydrogens is 293 g/mol. The van der Waals surface area contributed by atoms with E-state index >= 15 is 0 Å². The second-order valence-electron chi connectivity index (χ2n) is 5.47. The number of rotatable bonds is 6. The van der Waals surface area contributed by atoms with E-state index in [1.165, 1.54) is 32.1 Å². The van der Waals surface area contributed by atoms with Crippen LogP contribution in [0.3, 0.4) is 0 Å². The van der Waals surface area contributed by atoms with Crippen molar-refractivity contribution in [2.75, 3.05) is 13.2 Å². The smallest absolute Gasteiger partial charge is 0.0594 e. The van der Waals surface area contributed by atoms with E-state index in [9.17, 15) is 0 Å². The molecule has 2 rings (SSSR count). The summed E-state index contributed by atoms with van der Waals surface area (Å²) in [7, 11) is 0. The molecule has 1 aliphatic rings. The van der Waals surface area contributed by atoms with Gasteiger partial charge in [-0.1, -0.05) is 48.5 Å². The van der Waals surface area contributed by atoms with E-state index in [1.54, 1.807) is 6.07 Å². The zero-order valence-electron chi connectivity index (χ0n) is 12.0. The van der Waals surface area contributed by atoms with Crippen molar-refractivity contribution >= 4 is 23.2 Å². The summed E-state index contributed by atoms with van der Waals surface area (Å²) < 4.78 is 5.90. The summed E-state index contributed by atoms with van der Waals surface area (Å²) in [6.45, 7) is 3.71. The Kier molecular flexibility index (Phi) is 6.63. The standard InChI is InChI=1S/C16H23Cl2NO/c1-12(15-8-7-13(17)11-16(15)18)19-9-10-20-14-5-3-2-4-6-14/h7-8,11-12,14,19H,2-6,9-10H2,1H3. The van der Waals surface area contributed by atoms with Crippen LogP contribution in [-0.4, -0.2) is 19.3 Å². The Hall–Kier alpha value is -0.280. The summed E-state index contributed by atoms with van der Waals surface area (Å²) in [6.07, 6.45) is 6.91. The summed E-state index contributed by atoms with van der Waals surface area (Å²) in [4.78, 5) is 0. The van der Waals surface area contributed by atoms with E-state index < -0.39 is 0 Å². The molecule has 0 bridgehead atoms. The molecule has 0 saturated heterocycles. The Morgan fingerprint density at radius 1 is 1.25 bits per heavy atom. The molecule has 0 aromatic heterocycles. The van der Waals surface area contributed by atoms with Crippen molar-refractivity contribution < 1.29 is 4.74 Å². The number of hydrogen-bond acceptors (Lipinski definition) is 2. The van der Waals surface area contributed by atoms with Gasteiger partial charge in [0, 0.05) is 22.6 Å². The van der Waals surface area contributed by atoms with Crippen LogP contribution in [0.1, 0.15) is 50.6 Å². The molecule has 1 aromatic rings. The van der Waals surface area contributed by atoms with Crippen LogP contribution in [0.4, 0.5) is 0 Å². The summed E-state index contributed by atoms with van der Waals surface area (Å²) in [5.41, 5.74) is 1.08. The maximum absolute atomic E-state index is 6.20. The van der Waals surface area contributed by atoms with Gasteiger partial charge in [-0.15, -0.1) is 0 Å². The average Bonchev–Trinajstić information content (AvgIpc) is 2.44. The number of ether oxygens (including phenoxy) is 1. The number of nitrogens with one attached hydrogen (secondary N) is 1. The lowest BCUT2D eigenvalue weighted by Gasteiger charge is -2.23. The van der Waals surface area contributed by atoms with Crippen molar-refractivity contribution in [1.29, 1.82) is 0 Å². The average molecular weight is 316 g/mol. The van der Waals surface area contributed by atoms with E-state index in [4.69, 9.17) is 27.9 Å². The largest absolute Gasteiger partial charge is 0.377 e. The second kappa shape index (κ2) is 8.23. The zero-order valence-corrected chi connectivity index (χ0v) is 13.5. The third-order valence-electron chi connectivity index (χ3n) is 3.89. The van der Waals surface area contributed by atoms with Gasteiger partial charge < -0.3 is 10.1 Å². The van der Waals surface area contributed by atoms with E-state index in [-0.39, 0.29) is 6.04 Å². The molecule has 1 aliphatic carbocycles. The molecule has 2 nitrogen and oxygen atoms in total. The van der Waals surface area contributed by atoms with Crippen molar-refractivity contribution in [3.8, 4) is 0 Å². The van der Waals surface area contributed by atoms with Crippen LogP contribution in [0.15, 0.2) is 18.2 Å². The molecule has 112 valence electrons. The van der Waals surface area contributed by atoms with E-state index in [0.717, 1.165) is 18.7 Å². The van der Waals surface area contributed by atoms with Crippen LogP contribution in [0.25, 0.3) is 0 Å². The third kappa shape index (κ3) is 4.92. The number of benzene rings is 1. The maximum atomic E-state index is 6.20. The lowest BCUT2D eigenvalue weighted by molar-refractivity contribution is 0.0295. The molecule has 1 aromatic carbocycles. The first kappa shape index (κ1) is 16.1. The Morgan fingerprint density at radius 2 is 2.00 bits per heavy atom. The highest BCUT2D eigenvalue weighted by Gasteiger charge is 2.14. The molecule has 0 radical (unpaired) electrons. The normalized spacial score (nSPS) is 18.1. The number of halogens is 2. The molecular formula is C16H23Cl2NO. The van der Waals surface area contributed by atoms with Crippen LogP contribution in [0.2, 0.25) is 10.0 Å². The van der Waals surface area contributed by atoms with Gasteiger partial charge in [-0.3, -0.25) is 0 Å². The minimum Gasteiger partial charge on any atom is -0.377 e. The van der Waals surface area contributed by atoms with Crippen LogP contribution in [0.5, 0.6) is 0 Å². The first-order valence-electron chi connectivity index (χ1n) is 7.47. The molecule has 0 amide bonds. The van der Waals surface area contributed by atoms with Gasteiger partial charge >= 0.3 is 0 Å². The predicted octanol–water partition coefficient (Wildman–Crippen LogP) is 4.99. The summed E-state index contributed by atoms with van der Waals surface area (Å²) >= 11 is 12.1. The molecule has 1 fully saturated rings. The Bertz CT molecular complexity index is 419. The van der Waals surface area contributed by atoms with Gasteiger partial charge in [-0.25, -0.2) is 0 Å². The lowest BCUT2D eigenvalue weighted by atomic mass is 9.98. The van der Waals surface area contributed by atoms with Gasteiger partial charge in [0.15, 0.2) is 0 Å². The van der Waals surface area contributed by atoms with Crippen LogP contribution in [0, 0.1) is 0 Å². The van der Waals surface area contributed by atoms with E-state index in [0.29, 0.717) is 16.1 Å². The van der Waals surface area contributed by atoms with Crippen LogP contribution >= 0.6 is 23.2 Å². The van der Waals surface area contributed by atoms with Crippen molar-refractivity contribution in [3.05, 3.63) is 33.8 Å². The van der Waals surface area contributed by atoms with Crippen molar-refractivity contribution in [1.82, 2.24) is 5.32 Å². The molecule has 0 aliphatic heterocycles. The highest BCUT2D eigenvalue weighted by molar-refractivity contribution is 6.35. The molecule has 1 saturated carbocycles. The predicted molar refractivity (Wildman–Crippen MR) is 85.7 cm³/mol. The minimum atomic E-state index is 0.203. The van der Waals surface area contributed by atoms with Gasteiger partial charge in [0.25, 0.3) is 0 Å². The SMILES string of the molecule is CC(NCCOC1CCCCC1)c1ccc(Cl)cc1Cl. The Balaban J connectivity index is 1.70. The fraction of sp³-hybridized carbons (Fsp3) is 0.625. The third-order valence-corrected chi connectivity index (χ3v) is 4.45. The molecule has 20 heavy (non-hydrogen) atoms. The molecule has 0 heterocycles. The van der Waals surface area contributed by atoms with Crippen LogP contribution in [-0.2, 0) is 4.74 Å². The van der Waals surface area contributed by atoms with Gasteiger partial charge in [0.1, 0.15) is 0 Å². The molecule has 0 spiro atoms. The van der Waals surface area contributed by atoms with E-state index in [1.807, 2.05) is 12.1 Å². The van der Waals surface area contributed by atoms with Gasteiger partial charge in [-0.05, 0) is 37.5 Å². The summed E-state index contributed by atoms with van der Waals surface area (Å²) in [5.74, 6) is 0. The molecule has 1 N–H and O–H groups in total. The fourth-order valence-electron chi connectivity index (χ4n) is 2.70. The first-order valence-corrected chi connectivity index (χ1v) is 8.22. The van der Waals surface area contributed by atoms with Crippen molar-refractivity contribution in [2.45, 2.75) is 51.2 Å². The van der Waals surface area contributed by atoms with Gasteiger partial charge in [0.2, 0.25) is 0 Å². The number of hydrogen-bond donors (Lipinski definition) is 1. The van der Waals surface area contributed by atoms with Crippen molar-refractivity contribution in [2.24, 2.45) is 0 Å².